The maximum Gasteiger partial charge on any atom is 0.326 e. The Balaban J connectivity index is 2.79. The Morgan fingerprint density at radius 1 is 1.24 bits per heavy atom. The zero-order valence-electron chi connectivity index (χ0n) is 13.1. The number of carboxylic acid groups (broad SMARTS) is 1. The van der Waals surface area contributed by atoms with E-state index >= 15 is 0 Å². The Morgan fingerprint density at radius 3 is 2.33 bits per heavy atom. The molecule has 1 aromatic carbocycles. The number of amides is 2. The van der Waals surface area contributed by atoms with Crippen LogP contribution in [0.2, 0.25) is 0 Å². The van der Waals surface area contributed by atoms with Crippen LogP contribution >= 0.6 is 0 Å². The standard InChI is InChI=1S/C15H23N3O3/c1-9(2)13(14(19)20)17-15(21)16-11-7-6-10(3)12(8-11)18(4)5/h6-9,13H,1-5H3,(H,19,20)(H2,16,17,21)/t13-/m1/s1. The van der Waals surface area contributed by atoms with Crippen molar-refractivity contribution in [3.05, 3.63) is 23.8 Å². The van der Waals surface area contributed by atoms with E-state index in [2.05, 4.69) is 10.6 Å². The topological polar surface area (TPSA) is 81.7 Å². The summed E-state index contributed by atoms with van der Waals surface area (Å²) in [5, 5.41) is 14.2. The lowest BCUT2D eigenvalue weighted by Crippen LogP contribution is -2.46. The van der Waals surface area contributed by atoms with Crippen molar-refractivity contribution in [2.24, 2.45) is 5.92 Å². The molecule has 0 aliphatic rings. The van der Waals surface area contributed by atoms with Gasteiger partial charge < -0.3 is 20.6 Å². The van der Waals surface area contributed by atoms with Gasteiger partial charge in [0.1, 0.15) is 6.04 Å². The van der Waals surface area contributed by atoms with Gasteiger partial charge in [-0.1, -0.05) is 19.9 Å². The molecule has 0 spiro atoms. The van der Waals surface area contributed by atoms with Crippen LogP contribution < -0.4 is 15.5 Å². The highest BCUT2D eigenvalue weighted by molar-refractivity contribution is 5.92. The number of nitrogens with zero attached hydrogens (tertiary/aromatic N) is 1. The molecule has 0 bridgehead atoms. The number of hydrogen-bond acceptors (Lipinski definition) is 3. The molecule has 0 heterocycles. The summed E-state index contributed by atoms with van der Waals surface area (Å²) in [4.78, 5) is 24.9. The lowest BCUT2D eigenvalue weighted by atomic mass is 10.1. The lowest BCUT2D eigenvalue weighted by Gasteiger charge is -2.20. The number of aliphatic carboxylic acids is 1. The van der Waals surface area contributed by atoms with Gasteiger partial charge in [-0.2, -0.15) is 0 Å². The average Bonchev–Trinajstić information content (AvgIpc) is 2.37. The third kappa shape index (κ3) is 4.66. The van der Waals surface area contributed by atoms with Gasteiger partial charge in [-0.15, -0.1) is 0 Å². The minimum atomic E-state index is -1.04. The van der Waals surface area contributed by atoms with Gasteiger partial charge in [0.25, 0.3) is 0 Å². The van der Waals surface area contributed by atoms with Gasteiger partial charge in [0.2, 0.25) is 0 Å². The Bertz CT molecular complexity index is 527. The largest absolute Gasteiger partial charge is 0.480 e. The Hall–Kier alpha value is -2.24. The van der Waals surface area contributed by atoms with E-state index in [4.69, 9.17) is 5.11 Å². The molecule has 6 heteroatoms. The summed E-state index contributed by atoms with van der Waals surface area (Å²) in [6.07, 6.45) is 0. The van der Waals surface area contributed by atoms with Crippen molar-refractivity contribution in [1.82, 2.24) is 5.32 Å². The smallest absolute Gasteiger partial charge is 0.326 e. The maximum absolute atomic E-state index is 11.9. The third-order valence-corrected chi connectivity index (χ3v) is 3.17. The number of carbonyl (C=O) groups is 2. The van der Waals surface area contributed by atoms with Gasteiger partial charge in [-0.3, -0.25) is 0 Å². The molecule has 116 valence electrons. The predicted octanol–water partition coefficient (Wildman–Crippen LogP) is 2.29. The molecule has 0 aliphatic carbocycles. The molecule has 1 aromatic rings. The number of urea groups is 1. The van der Waals surface area contributed by atoms with E-state index in [1.807, 2.05) is 38.1 Å². The quantitative estimate of drug-likeness (QED) is 0.778. The van der Waals surface area contributed by atoms with Gasteiger partial charge in [-0.05, 0) is 30.5 Å². The molecule has 0 saturated heterocycles. The molecule has 0 aromatic heterocycles. The molecule has 0 radical (unpaired) electrons. The second-order valence-corrected chi connectivity index (χ2v) is 5.55. The zero-order valence-corrected chi connectivity index (χ0v) is 13.1. The minimum absolute atomic E-state index is 0.191. The highest BCUT2D eigenvalue weighted by Crippen LogP contribution is 2.22. The van der Waals surface area contributed by atoms with Crippen LogP contribution in [0.3, 0.4) is 0 Å². The highest BCUT2D eigenvalue weighted by atomic mass is 16.4. The van der Waals surface area contributed by atoms with Crippen molar-refractivity contribution in [2.75, 3.05) is 24.3 Å². The van der Waals surface area contributed by atoms with E-state index < -0.39 is 18.0 Å². The van der Waals surface area contributed by atoms with Crippen molar-refractivity contribution in [1.29, 1.82) is 0 Å². The molecule has 0 unspecified atom stereocenters. The fourth-order valence-electron chi connectivity index (χ4n) is 1.99. The van der Waals surface area contributed by atoms with E-state index in [1.165, 1.54) is 0 Å². The van der Waals surface area contributed by atoms with Crippen molar-refractivity contribution in [3.63, 3.8) is 0 Å². The SMILES string of the molecule is Cc1ccc(NC(=O)N[C@@H](C(=O)O)C(C)C)cc1N(C)C. The molecule has 6 nitrogen and oxygen atoms in total. The van der Waals surface area contributed by atoms with Crippen LogP contribution in [0.15, 0.2) is 18.2 Å². The number of rotatable bonds is 5. The number of nitrogens with one attached hydrogen (secondary N) is 2. The summed E-state index contributed by atoms with van der Waals surface area (Å²) >= 11 is 0. The van der Waals surface area contributed by atoms with Crippen LogP contribution in [0, 0.1) is 12.8 Å². The molecule has 3 N–H and O–H groups in total. The summed E-state index contributed by atoms with van der Waals surface area (Å²) in [6.45, 7) is 5.47. The minimum Gasteiger partial charge on any atom is -0.480 e. The van der Waals surface area contributed by atoms with Gasteiger partial charge in [0.15, 0.2) is 0 Å². The third-order valence-electron chi connectivity index (χ3n) is 3.17. The number of hydrogen-bond donors (Lipinski definition) is 3. The summed E-state index contributed by atoms with van der Waals surface area (Å²) in [7, 11) is 3.84. The molecule has 0 fully saturated rings. The molecule has 2 amide bonds. The number of carbonyl (C=O) groups excluding carboxylic acids is 1. The lowest BCUT2D eigenvalue weighted by molar-refractivity contribution is -0.140. The van der Waals surface area contributed by atoms with Crippen molar-refractivity contribution < 1.29 is 14.7 Å². The Morgan fingerprint density at radius 2 is 1.86 bits per heavy atom. The van der Waals surface area contributed by atoms with Crippen LogP contribution in [0.25, 0.3) is 0 Å². The van der Waals surface area contributed by atoms with Crippen LogP contribution in [0.4, 0.5) is 16.2 Å². The summed E-state index contributed by atoms with van der Waals surface area (Å²) in [6, 6.07) is 4.10. The summed E-state index contributed by atoms with van der Waals surface area (Å²) in [5.41, 5.74) is 2.71. The first-order valence-electron chi connectivity index (χ1n) is 6.80. The fourth-order valence-corrected chi connectivity index (χ4v) is 1.99. The van der Waals surface area contributed by atoms with Crippen molar-refractivity contribution in [2.45, 2.75) is 26.8 Å². The second kappa shape index (κ2) is 6.97. The molecule has 1 atom stereocenters. The predicted molar refractivity (Wildman–Crippen MR) is 83.9 cm³/mol. The highest BCUT2D eigenvalue weighted by Gasteiger charge is 2.23. The van der Waals surface area contributed by atoms with E-state index in [-0.39, 0.29) is 5.92 Å². The van der Waals surface area contributed by atoms with E-state index in [9.17, 15) is 9.59 Å². The van der Waals surface area contributed by atoms with Crippen LogP contribution in [0.5, 0.6) is 0 Å². The van der Waals surface area contributed by atoms with Gasteiger partial charge >= 0.3 is 12.0 Å². The number of anilines is 2. The zero-order chi connectivity index (χ0) is 16.2. The average molecular weight is 293 g/mol. The van der Waals surface area contributed by atoms with Gasteiger partial charge in [0.05, 0.1) is 0 Å². The summed E-state index contributed by atoms with van der Waals surface area (Å²) < 4.78 is 0. The second-order valence-electron chi connectivity index (χ2n) is 5.55. The molecule has 1 rings (SSSR count). The molecule has 21 heavy (non-hydrogen) atoms. The number of carboxylic acids is 1. The first kappa shape index (κ1) is 16.8. The Kier molecular flexibility index (Phi) is 5.58. The van der Waals surface area contributed by atoms with Gasteiger partial charge in [0, 0.05) is 25.5 Å². The first-order chi connectivity index (χ1) is 9.72. The first-order valence-corrected chi connectivity index (χ1v) is 6.80. The molecule has 0 aliphatic heterocycles. The maximum atomic E-state index is 11.9. The van der Waals surface area contributed by atoms with Crippen molar-refractivity contribution >= 4 is 23.4 Å². The Labute approximate surface area is 125 Å². The van der Waals surface area contributed by atoms with E-state index in [1.54, 1.807) is 19.9 Å². The fraction of sp³-hybridized carbons (Fsp3) is 0.467. The van der Waals surface area contributed by atoms with Gasteiger partial charge in [-0.25, -0.2) is 9.59 Å². The van der Waals surface area contributed by atoms with E-state index in [0.29, 0.717) is 5.69 Å². The summed E-state index contributed by atoms with van der Waals surface area (Å²) in [5.74, 6) is -1.23. The number of benzene rings is 1. The van der Waals surface area contributed by atoms with Crippen LogP contribution in [0.1, 0.15) is 19.4 Å². The number of aryl methyl sites for hydroxylation is 1. The monoisotopic (exact) mass is 293 g/mol. The van der Waals surface area contributed by atoms with Crippen LogP contribution in [-0.4, -0.2) is 37.2 Å². The molecular weight excluding hydrogens is 270 g/mol. The van der Waals surface area contributed by atoms with Crippen molar-refractivity contribution in [3.8, 4) is 0 Å². The molecular formula is C15H23N3O3. The van der Waals surface area contributed by atoms with Crippen LogP contribution in [-0.2, 0) is 4.79 Å². The molecule has 0 saturated carbocycles. The van der Waals surface area contributed by atoms with E-state index in [0.717, 1.165) is 11.3 Å². The normalized spacial score (nSPS) is 11.9.